The van der Waals surface area contributed by atoms with E-state index in [1.807, 2.05) is 0 Å². The van der Waals surface area contributed by atoms with E-state index in [1.165, 1.54) is 6.26 Å². The van der Waals surface area contributed by atoms with Gasteiger partial charge in [0.1, 0.15) is 11.0 Å². The van der Waals surface area contributed by atoms with Gasteiger partial charge in [-0.25, -0.2) is 0 Å². The van der Waals surface area contributed by atoms with Crippen LogP contribution < -0.4 is 11.1 Å². The Morgan fingerprint density at radius 1 is 1.35 bits per heavy atom. The summed E-state index contributed by atoms with van der Waals surface area (Å²) >= 11 is 0. The molecule has 1 aromatic carbocycles. The van der Waals surface area contributed by atoms with E-state index in [2.05, 4.69) is 5.32 Å². The molecule has 0 bridgehead atoms. The van der Waals surface area contributed by atoms with E-state index in [0.29, 0.717) is 16.3 Å². The lowest BCUT2D eigenvalue weighted by Gasteiger charge is -2.11. The summed E-state index contributed by atoms with van der Waals surface area (Å²) in [6.07, 6.45) is 1.54. The highest BCUT2D eigenvalue weighted by molar-refractivity contribution is 7.86. The Labute approximate surface area is 119 Å². The molecule has 0 saturated carbocycles. The first kappa shape index (κ1) is 14.3. The largest absolute Gasteiger partial charge is 0.467 e. The van der Waals surface area contributed by atoms with Crippen LogP contribution in [0.4, 0.5) is 5.69 Å². The fourth-order valence-electron chi connectivity index (χ4n) is 1.63. The van der Waals surface area contributed by atoms with Gasteiger partial charge < -0.3 is 15.5 Å². The second-order valence-electron chi connectivity index (χ2n) is 4.31. The number of carbonyl (C=O) groups excluding carboxylic acids is 1. The van der Waals surface area contributed by atoms with Gasteiger partial charge in [0.15, 0.2) is 0 Å². The van der Waals surface area contributed by atoms with E-state index in [9.17, 15) is 9.00 Å². The van der Waals surface area contributed by atoms with Gasteiger partial charge in [0.05, 0.1) is 23.6 Å². The van der Waals surface area contributed by atoms with Crippen LogP contribution in [-0.4, -0.2) is 15.4 Å². The van der Waals surface area contributed by atoms with Crippen LogP contribution in [0.15, 0.2) is 52.0 Å². The van der Waals surface area contributed by atoms with Gasteiger partial charge in [-0.2, -0.15) is 0 Å². The minimum Gasteiger partial charge on any atom is -0.467 e. The highest BCUT2D eigenvalue weighted by Crippen LogP contribution is 2.14. The molecule has 2 rings (SSSR count). The summed E-state index contributed by atoms with van der Waals surface area (Å²) in [7, 11) is -1.41. The predicted octanol–water partition coefficient (Wildman–Crippen LogP) is 1.67. The van der Waals surface area contributed by atoms with Gasteiger partial charge in [-0.15, -0.1) is 0 Å². The van der Waals surface area contributed by atoms with Gasteiger partial charge in [0.2, 0.25) is 5.91 Å². The number of hydrogen-bond acceptors (Lipinski definition) is 4. The molecule has 0 fully saturated rings. The minimum atomic E-state index is -1.41. The summed E-state index contributed by atoms with van der Waals surface area (Å²) in [5, 5.41) is 2.05. The Bertz CT molecular complexity index is 593. The molecule has 0 radical (unpaired) electrons. The molecule has 1 heterocycles. The number of amides is 1. The number of anilines is 1. The number of rotatable bonds is 5. The van der Waals surface area contributed by atoms with Gasteiger partial charge in [-0.05, 0) is 43.3 Å². The first-order valence-electron chi connectivity index (χ1n) is 6.14. The van der Waals surface area contributed by atoms with Crippen LogP contribution in [0.3, 0.4) is 0 Å². The lowest BCUT2D eigenvalue weighted by atomic mass is 10.3. The first-order chi connectivity index (χ1) is 9.58. The van der Waals surface area contributed by atoms with Crippen molar-refractivity contribution in [1.82, 2.24) is 5.32 Å². The first-order valence-corrected chi connectivity index (χ1v) is 7.35. The molecule has 1 amide bonds. The molecule has 106 valence electrons. The van der Waals surface area contributed by atoms with Crippen molar-refractivity contribution in [2.75, 3.05) is 5.73 Å². The molecule has 2 unspecified atom stereocenters. The molecule has 6 heteroatoms. The molecule has 2 aromatic rings. The average molecular weight is 292 g/mol. The summed E-state index contributed by atoms with van der Waals surface area (Å²) in [5.74, 6) is 0.375. The van der Waals surface area contributed by atoms with Crippen molar-refractivity contribution in [3.63, 3.8) is 0 Å². The van der Waals surface area contributed by atoms with Crippen LogP contribution in [0.1, 0.15) is 12.7 Å². The number of hydrogen-bond donors (Lipinski definition) is 2. The Balaban J connectivity index is 1.95. The van der Waals surface area contributed by atoms with Crippen molar-refractivity contribution in [3.05, 3.63) is 48.4 Å². The van der Waals surface area contributed by atoms with E-state index in [0.717, 1.165) is 0 Å². The molecule has 0 aliphatic carbocycles. The monoisotopic (exact) mass is 292 g/mol. The van der Waals surface area contributed by atoms with Crippen LogP contribution in [0.25, 0.3) is 0 Å². The lowest BCUT2D eigenvalue weighted by molar-refractivity contribution is -0.120. The second-order valence-corrected chi connectivity index (χ2v) is 6.08. The maximum Gasteiger partial charge on any atom is 0.236 e. The Morgan fingerprint density at radius 2 is 2.05 bits per heavy atom. The third-order valence-electron chi connectivity index (χ3n) is 2.82. The summed E-state index contributed by atoms with van der Waals surface area (Å²) < 4.78 is 17.4. The average Bonchev–Trinajstić information content (AvgIpc) is 2.97. The molecular weight excluding hydrogens is 276 g/mol. The second kappa shape index (κ2) is 6.38. The van der Waals surface area contributed by atoms with E-state index in [-0.39, 0.29) is 12.5 Å². The number of carbonyl (C=O) groups is 1. The molecule has 0 aliphatic rings. The van der Waals surface area contributed by atoms with E-state index in [1.54, 1.807) is 43.3 Å². The summed E-state index contributed by atoms with van der Waals surface area (Å²) in [4.78, 5) is 12.5. The Kier molecular flexibility index (Phi) is 4.57. The van der Waals surface area contributed by atoms with Crippen LogP contribution in [0.5, 0.6) is 0 Å². The normalized spacial score (nSPS) is 13.7. The highest BCUT2D eigenvalue weighted by atomic mass is 32.2. The molecule has 0 aliphatic heterocycles. The van der Waals surface area contributed by atoms with Gasteiger partial charge in [-0.3, -0.25) is 9.00 Å². The number of nitrogens with two attached hydrogens (primary N) is 1. The van der Waals surface area contributed by atoms with Crippen LogP contribution in [0.2, 0.25) is 0 Å². The van der Waals surface area contributed by atoms with E-state index < -0.39 is 16.0 Å². The molecule has 0 spiro atoms. The Hall–Kier alpha value is -2.08. The Morgan fingerprint density at radius 3 is 2.65 bits per heavy atom. The van der Waals surface area contributed by atoms with Crippen molar-refractivity contribution in [3.8, 4) is 0 Å². The lowest BCUT2D eigenvalue weighted by Crippen LogP contribution is -2.34. The van der Waals surface area contributed by atoms with Gasteiger partial charge in [-0.1, -0.05) is 0 Å². The van der Waals surface area contributed by atoms with Gasteiger partial charge in [0, 0.05) is 10.6 Å². The number of furan rings is 1. The smallest absolute Gasteiger partial charge is 0.236 e. The third kappa shape index (κ3) is 3.48. The van der Waals surface area contributed by atoms with Crippen LogP contribution in [0, 0.1) is 0 Å². The maximum absolute atomic E-state index is 12.2. The highest BCUT2D eigenvalue weighted by Gasteiger charge is 2.21. The quantitative estimate of drug-likeness (QED) is 0.821. The van der Waals surface area contributed by atoms with E-state index in [4.69, 9.17) is 10.2 Å². The summed E-state index contributed by atoms with van der Waals surface area (Å²) in [5.41, 5.74) is 6.17. The molecule has 1 aromatic heterocycles. The number of benzene rings is 1. The van der Waals surface area contributed by atoms with Crippen molar-refractivity contribution >= 4 is 22.4 Å². The van der Waals surface area contributed by atoms with Gasteiger partial charge in [0.25, 0.3) is 0 Å². The van der Waals surface area contributed by atoms with Crippen molar-refractivity contribution in [1.29, 1.82) is 0 Å². The molecule has 0 saturated heterocycles. The topological polar surface area (TPSA) is 85.3 Å². The number of nitrogens with one attached hydrogen (secondary N) is 1. The third-order valence-corrected chi connectivity index (χ3v) is 4.41. The minimum absolute atomic E-state index is 0.281. The predicted molar refractivity (Wildman–Crippen MR) is 77.3 cm³/mol. The molecule has 20 heavy (non-hydrogen) atoms. The fraction of sp³-hybridized carbons (Fsp3) is 0.214. The molecular formula is C14H16N2O3S. The van der Waals surface area contributed by atoms with Crippen molar-refractivity contribution in [2.24, 2.45) is 0 Å². The fourth-order valence-corrected chi connectivity index (χ4v) is 2.72. The molecule has 5 nitrogen and oxygen atoms in total. The van der Waals surface area contributed by atoms with Crippen LogP contribution >= 0.6 is 0 Å². The molecule has 2 atom stereocenters. The van der Waals surface area contributed by atoms with Crippen LogP contribution in [-0.2, 0) is 22.1 Å². The van der Waals surface area contributed by atoms with Crippen molar-refractivity contribution < 1.29 is 13.4 Å². The molecule has 3 N–H and O–H groups in total. The van der Waals surface area contributed by atoms with Gasteiger partial charge >= 0.3 is 0 Å². The van der Waals surface area contributed by atoms with Crippen molar-refractivity contribution in [2.45, 2.75) is 23.6 Å². The summed E-state index contributed by atoms with van der Waals surface area (Å²) in [6.45, 7) is 1.92. The summed E-state index contributed by atoms with van der Waals surface area (Å²) in [6, 6.07) is 10.2. The zero-order chi connectivity index (χ0) is 14.5. The zero-order valence-electron chi connectivity index (χ0n) is 11.0. The SMILES string of the molecule is CC(C(=O)NCc1ccco1)S(=O)c1ccc(N)cc1. The van der Waals surface area contributed by atoms with E-state index >= 15 is 0 Å². The standard InChI is InChI=1S/C14H16N2O3S/c1-10(14(17)16-9-12-3-2-8-19-12)20(18)13-6-4-11(15)5-7-13/h2-8,10H,9,15H2,1H3,(H,16,17). The maximum atomic E-state index is 12.2. The number of nitrogen functional groups attached to an aromatic ring is 1. The zero-order valence-corrected chi connectivity index (χ0v) is 11.9.